The van der Waals surface area contributed by atoms with Crippen molar-refractivity contribution in [2.75, 3.05) is 29.2 Å². The van der Waals surface area contributed by atoms with Gasteiger partial charge in [-0.25, -0.2) is 8.78 Å². The SMILES string of the molecule is C=O.CN(Cc1cc(F)cc(F)c1)c1cc(N)ccc1SCC=O.Nc1c[nH]c2ccccc12. The molecule has 6 nitrogen and oxygen atoms in total. The molecule has 0 saturated heterocycles. The summed E-state index contributed by atoms with van der Waals surface area (Å²) in [6, 6.07) is 16.8. The number of benzene rings is 3. The highest BCUT2D eigenvalue weighted by atomic mass is 32.2. The highest BCUT2D eigenvalue weighted by molar-refractivity contribution is 8.00. The maximum absolute atomic E-state index is 13.3. The summed E-state index contributed by atoms with van der Waals surface area (Å²) in [5.41, 5.74) is 15.3. The van der Waals surface area contributed by atoms with Crippen LogP contribution in [0.15, 0.2) is 71.8 Å². The molecule has 5 N–H and O–H groups in total. The minimum atomic E-state index is -0.605. The van der Waals surface area contributed by atoms with Crippen LogP contribution in [0.1, 0.15) is 5.56 Å². The number of anilines is 3. The Morgan fingerprint density at radius 1 is 1.03 bits per heavy atom. The summed E-state index contributed by atoms with van der Waals surface area (Å²) in [5, 5.41) is 1.10. The van der Waals surface area contributed by atoms with Gasteiger partial charge in [0, 0.05) is 47.3 Å². The lowest BCUT2D eigenvalue weighted by Crippen LogP contribution is -2.17. The van der Waals surface area contributed by atoms with Crippen LogP contribution in [0.2, 0.25) is 0 Å². The number of rotatable bonds is 6. The number of nitrogens with one attached hydrogen (secondary N) is 1. The van der Waals surface area contributed by atoms with Crippen molar-refractivity contribution in [3.05, 3.63) is 84.1 Å². The van der Waals surface area contributed by atoms with E-state index >= 15 is 0 Å². The Morgan fingerprint density at radius 2 is 1.71 bits per heavy atom. The molecule has 1 heterocycles. The van der Waals surface area contributed by atoms with Crippen LogP contribution in [-0.4, -0.2) is 30.9 Å². The number of nitrogens with zero attached hydrogens (tertiary/aromatic N) is 1. The number of carbonyl (C=O) groups is 2. The van der Waals surface area contributed by atoms with E-state index in [0.717, 1.165) is 39.5 Å². The maximum atomic E-state index is 13.3. The summed E-state index contributed by atoms with van der Waals surface area (Å²) in [4.78, 5) is 24.3. The summed E-state index contributed by atoms with van der Waals surface area (Å²) < 4.78 is 26.5. The molecular weight excluding hydrogens is 458 g/mol. The van der Waals surface area contributed by atoms with Crippen LogP contribution in [0.5, 0.6) is 0 Å². The number of H-pyrrole nitrogens is 1. The molecule has 0 unspecified atom stereocenters. The van der Waals surface area contributed by atoms with Gasteiger partial charge in [0.1, 0.15) is 24.7 Å². The fraction of sp³-hybridized carbons (Fsp3) is 0.120. The van der Waals surface area contributed by atoms with Crippen molar-refractivity contribution in [3.63, 3.8) is 0 Å². The molecule has 0 atom stereocenters. The minimum Gasteiger partial charge on any atom is -0.399 e. The van der Waals surface area contributed by atoms with Crippen LogP contribution >= 0.6 is 11.8 Å². The number of thioether (sulfide) groups is 1. The van der Waals surface area contributed by atoms with Crippen molar-refractivity contribution in [1.82, 2.24) is 4.98 Å². The van der Waals surface area contributed by atoms with Gasteiger partial charge in [-0.1, -0.05) is 18.2 Å². The van der Waals surface area contributed by atoms with Crippen molar-refractivity contribution >= 4 is 52.8 Å². The van der Waals surface area contributed by atoms with Gasteiger partial charge in [-0.15, -0.1) is 11.8 Å². The molecular formula is C25H26F2N4O2S. The van der Waals surface area contributed by atoms with E-state index in [1.165, 1.54) is 23.9 Å². The van der Waals surface area contributed by atoms with E-state index in [9.17, 15) is 13.6 Å². The van der Waals surface area contributed by atoms with E-state index in [4.69, 9.17) is 16.3 Å². The van der Waals surface area contributed by atoms with Crippen molar-refractivity contribution in [3.8, 4) is 0 Å². The molecule has 9 heteroatoms. The van der Waals surface area contributed by atoms with Gasteiger partial charge in [0.05, 0.1) is 17.1 Å². The summed E-state index contributed by atoms with van der Waals surface area (Å²) in [7, 11) is 1.81. The van der Waals surface area contributed by atoms with Crippen LogP contribution in [0.25, 0.3) is 10.9 Å². The Balaban J connectivity index is 0.000000281. The molecule has 4 rings (SSSR count). The Morgan fingerprint density at radius 3 is 2.35 bits per heavy atom. The normalized spacial score (nSPS) is 9.97. The van der Waals surface area contributed by atoms with Gasteiger partial charge in [-0.3, -0.25) is 0 Å². The van der Waals surface area contributed by atoms with E-state index in [1.807, 2.05) is 55.3 Å². The monoisotopic (exact) mass is 484 g/mol. The zero-order valence-electron chi connectivity index (χ0n) is 18.6. The summed E-state index contributed by atoms with van der Waals surface area (Å²) in [6.45, 7) is 2.33. The number of fused-ring (bicyclic) bond motifs is 1. The molecule has 4 aromatic rings. The van der Waals surface area contributed by atoms with Crippen LogP contribution in [0, 0.1) is 11.6 Å². The molecule has 178 valence electrons. The first-order valence-corrected chi connectivity index (χ1v) is 11.1. The largest absolute Gasteiger partial charge is 0.399 e. The van der Waals surface area contributed by atoms with Gasteiger partial charge < -0.3 is 30.9 Å². The van der Waals surface area contributed by atoms with Crippen molar-refractivity contribution in [2.24, 2.45) is 0 Å². The second-order valence-electron chi connectivity index (χ2n) is 7.13. The van der Waals surface area contributed by atoms with Crippen LogP contribution in [-0.2, 0) is 16.1 Å². The number of nitrogens with two attached hydrogens (primary N) is 2. The van der Waals surface area contributed by atoms with Crippen molar-refractivity contribution in [2.45, 2.75) is 11.4 Å². The molecule has 0 amide bonds. The van der Waals surface area contributed by atoms with Gasteiger partial charge in [0.2, 0.25) is 0 Å². The number of hydrogen-bond donors (Lipinski definition) is 3. The predicted octanol–water partition coefficient (Wildman–Crippen LogP) is 5.04. The number of aromatic nitrogens is 1. The highest BCUT2D eigenvalue weighted by Gasteiger charge is 2.11. The standard InChI is InChI=1S/C16H16F2N2OS.C8H8N2.CH2O/c1-20(10-11-6-12(17)8-13(18)7-11)15-9-14(19)2-3-16(15)22-5-4-21;9-7-5-10-8-4-2-1-3-6(7)8;1-2/h2-4,6-9H,5,10,19H2,1H3;1-5,10H,9H2;1H2. The average Bonchev–Trinajstić information content (AvgIpc) is 3.20. The van der Waals surface area contributed by atoms with Crippen molar-refractivity contribution in [1.29, 1.82) is 0 Å². The Hall–Kier alpha value is -3.85. The van der Waals surface area contributed by atoms with E-state index < -0.39 is 11.6 Å². The topological polar surface area (TPSA) is 105 Å². The van der Waals surface area contributed by atoms with E-state index in [1.54, 1.807) is 12.1 Å². The lowest BCUT2D eigenvalue weighted by atomic mass is 10.2. The third-order valence-electron chi connectivity index (χ3n) is 4.66. The minimum absolute atomic E-state index is 0.326. The highest BCUT2D eigenvalue weighted by Crippen LogP contribution is 2.32. The molecule has 0 aliphatic carbocycles. The smallest absolute Gasteiger partial charge is 0.130 e. The van der Waals surface area contributed by atoms with Crippen LogP contribution < -0.4 is 16.4 Å². The first-order valence-electron chi connectivity index (χ1n) is 10.1. The fourth-order valence-corrected chi connectivity index (χ4v) is 4.01. The zero-order valence-corrected chi connectivity index (χ0v) is 19.4. The van der Waals surface area contributed by atoms with Crippen molar-refractivity contribution < 1.29 is 18.4 Å². The molecule has 0 saturated carbocycles. The fourth-order valence-electron chi connectivity index (χ4n) is 3.23. The molecule has 3 aromatic carbocycles. The number of hydrogen-bond acceptors (Lipinski definition) is 6. The van der Waals surface area contributed by atoms with Gasteiger partial charge in [-0.2, -0.15) is 0 Å². The molecule has 0 spiro atoms. The molecule has 0 bridgehead atoms. The lowest BCUT2D eigenvalue weighted by molar-refractivity contribution is -0.105. The third kappa shape index (κ3) is 7.35. The number of para-hydroxylation sites is 1. The Kier molecular flexibility index (Phi) is 10.1. The molecule has 34 heavy (non-hydrogen) atoms. The Labute approximate surface area is 200 Å². The number of halogens is 2. The van der Waals surface area contributed by atoms with E-state index in [0.29, 0.717) is 23.5 Å². The molecule has 0 aliphatic heterocycles. The molecule has 0 fully saturated rings. The van der Waals surface area contributed by atoms with Gasteiger partial charge in [-0.05, 0) is 42.0 Å². The first-order chi connectivity index (χ1) is 16.4. The Bertz CT molecular complexity index is 1210. The summed E-state index contributed by atoms with van der Waals surface area (Å²) in [6.07, 6.45) is 2.64. The molecule has 0 aliphatic rings. The second kappa shape index (κ2) is 13.0. The summed E-state index contributed by atoms with van der Waals surface area (Å²) in [5.74, 6) is -0.877. The number of carbonyl (C=O) groups excluding carboxylic acids is 2. The lowest BCUT2D eigenvalue weighted by Gasteiger charge is -2.22. The number of aromatic amines is 1. The van der Waals surface area contributed by atoms with E-state index in [2.05, 4.69) is 4.98 Å². The molecule has 1 aromatic heterocycles. The maximum Gasteiger partial charge on any atom is 0.130 e. The third-order valence-corrected chi connectivity index (χ3v) is 5.62. The quantitative estimate of drug-likeness (QED) is 0.201. The number of aldehydes is 1. The van der Waals surface area contributed by atoms with Crippen LogP contribution in [0.4, 0.5) is 25.8 Å². The predicted molar refractivity (Wildman–Crippen MR) is 136 cm³/mol. The summed E-state index contributed by atoms with van der Waals surface area (Å²) >= 11 is 1.39. The van der Waals surface area contributed by atoms with Gasteiger partial charge in [0.25, 0.3) is 0 Å². The first kappa shape index (κ1) is 26.4. The molecule has 0 radical (unpaired) electrons. The number of nitrogen functional groups attached to an aromatic ring is 2. The van der Waals surface area contributed by atoms with E-state index in [-0.39, 0.29) is 0 Å². The average molecular weight is 485 g/mol. The second-order valence-corrected chi connectivity index (χ2v) is 8.19. The van der Waals surface area contributed by atoms with Gasteiger partial charge >= 0.3 is 0 Å². The van der Waals surface area contributed by atoms with Crippen LogP contribution in [0.3, 0.4) is 0 Å². The zero-order chi connectivity index (χ0) is 25.1. The van der Waals surface area contributed by atoms with Gasteiger partial charge in [0.15, 0.2) is 0 Å².